The molecule has 0 spiro atoms. The molecule has 1 aromatic heterocycles. The molecule has 11 heteroatoms. The number of nitrogen functional groups attached to an aromatic ring is 1. The smallest absolute Gasteiger partial charge is 0.407 e. The predicted molar refractivity (Wildman–Crippen MR) is 77.4 cm³/mol. The van der Waals surface area contributed by atoms with E-state index in [9.17, 15) is 18.0 Å². The van der Waals surface area contributed by atoms with Gasteiger partial charge in [0.2, 0.25) is 5.95 Å². The number of nitrogens with two attached hydrogens (primary N) is 1. The summed E-state index contributed by atoms with van der Waals surface area (Å²) in [5.74, 6) is 0.584. The fraction of sp³-hybridized carbons (Fsp3) is 0.583. The molecule has 1 saturated heterocycles. The van der Waals surface area contributed by atoms with Gasteiger partial charge < -0.3 is 26.0 Å². The maximum absolute atomic E-state index is 12.1. The average molecular weight is 334 g/mol. The summed E-state index contributed by atoms with van der Waals surface area (Å²) in [7, 11) is 1.48. The molecule has 0 aliphatic carbocycles. The monoisotopic (exact) mass is 334 g/mol. The maximum atomic E-state index is 12.1. The summed E-state index contributed by atoms with van der Waals surface area (Å²) in [6, 6.07) is 1.33. The van der Waals surface area contributed by atoms with Crippen LogP contribution < -0.4 is 16.0 Å². The van der Waals surface area contributed by atoms with Gasteiger partial charge in [0.1, 0.15) is 11.6 Å². The minimum Gasteiger partial charge on any atom is -0.465 e. The van der Waals surface area contributed by atoms with Crippen LogP contribution in [0, 0.1) is 0 Å². The Kier molecular flexibility index (Phi) is 4.66. The summed E-state index contributed by atoms with van der Waals surface area (Å²) < 4.78 is 36.4. The highest BCUT2D eigenvalue weighted by atomic mass is 19.4. The number of alkyl halides is 3. The van der Waals surface area contributed by atoms with E-state index in [0.29, 0.717) is 18.9 Å². The highest BCUT2D eigenvalue weighted by Crippen LogP contribution is 2.25. The molecule has 0 aromatic carbocycles. The van der Waals surface area contributed by atoms with Crippen molar-refractivity contribution in [3.05, 3.63) is 6.07 Å². The minimum atomic E-state index is -4.25. The summed E-state index contributed by atoms with van der Waals surface area (Å²) >= 11 is 0. The van der Waals surface area contributed by atoms with Crippen LogP contribution in [0.5, 0.6) is 0 Å². The van der Waals surface area contributed by atoms with Gasteiger partial charge in [0, 0.05) is 32.7 Å². The van der Waals surface area contributed by atoms with Crippen LogP contribution in [0.2, 0.25) is 0 Å². The van der Waals surface area contributed by atoms with Gasteiger partial charge in [-0.25, -0.2) is 4.79 Å². The molecule has 0 atom stereocenters. The maximum Gasteiger partial charge on any atom is 0.407 e. The molecule has 0 unspecified atom stereocenters. The zero-order valence-electron chi connectivity index (χ0n) is 12.3. The lowest BCUT2D eigenvalue weighted by Gasteiger charge is -2.43. The van der Waals surface area contributed by atoms with E-state index in [1.54, 1.807) is 4.90 Å². The van der Waals surface area contributed by atoms with Gasteiger partial charge in [0.25, 0.3) is 0 Å². The van der Waals surface area contributed by atoms with E-state index in [1.165, 1.54) is 18.0 Å². The molecule has 0 radical (unpaired) electrons. The molecule has 23 heavy (non-hydrogen) atoms. The Bertz CT molecular complexity index is 576. The molecule has 1 aliphatic rings. The number of aromatic nitrogens is 2. The van der Waals surface area contributed by atoms with Gasteiger partial charge in [-0.15, -0.1) is 0 Å². The molecule has 1 amide bonds. The third-order valence-corrected chi connectivity index (χ3v) is 3.48. The third kappa shape index (κ3) is 4.50. The topological polar surface area (TPSA) is 108 Å². The first-order valence-electron chi connectivity index (χ1n) is 6.81. The number of hydrogen-bond acceptors (Lipinski definition) is 6. The van der Waals surface area contributed by atoms with Crippen LogP contribution in [0.3, 0.4) is 0 Å². The van der Waals surface area contributed by atoms with Crippen LogP contribution in [0.15, 0.2) is 6.07 Å². The van der Waals surface area contributed by atoms with E-state index in [4.69, 9.17) is 10.8 Å². The van der Waals surface area contributed by atoms with Crippen LogP contribution in [-0.2, 0) is 0 Å². The molecule has 1 fully saturated rings. The second kappa shape index (κ2) is 6.34. The number of carbonyl (C=O) groups is 1. The fourth-order valence-electron chi connectivity index (χ4n) is 2.08. The molecular weight excluding hydrogens is 317 g/mol. The molecule has 1 aromatic rings. The highest BCUT2D eigenvalue weighted by molar-refractivity contribution is 5.66. The Morgan fingerprint density at radius 1 is 1.52 bits per heavy atom. The first-order chi connectivity index (χ1) is 10.7. The number of amides is 1. The fourth-order valence-corrected chi connectivity index (χ4v) is 2.08. The van der Waals surface area contributed by atoms with Gasteiger partial charge in [-0.2, -0.15) is 23.1 Å². The van der Waals surface area contributed by atoms with Gasteiger partial charge in [-0.1, -0.05) is 0 Å². The quantitative estimate of drug-likeness (QED) is 0.743. The SMILES string of the molecule is CN(C(=O)O)C1CN(c2cc(NCCC(F)(F)F)nc(N)n2)C1. The minimum absolute atomic E-state index is 0.0629. The Morgan fingerprint density at radius 3 is 2.74 bits per heavy atom. The summed E-state index contributed by atoms with van der Waals surface area (Å²) in [4.78, 5) is 21.7. The summed E-state index contributed by atoms with van der Waals surface area (Å²) in [6.07, 6.45) is -6.26. The van der Waals surface area contributed by atoms with Crippen molar-refractivity contribution in [2.24, 2.45) is 0 Å². The zero-order chi connectivity index (χ0) is 17.2. The lowest BCUT2D eigenvalue weighted by atomic mass is 10.1. The van der Waals surface area contributed by atoms with Crippen molar-refractivity contribution in [2.75, 3.05) is 42.6 Å². The van der Waals surface area contributed by atoms with Crippen LogP contribution in [0.4, 0.5) is 35.5 Å². The number of likely N-dealkylation sites (N-methyl/N-ethyl adjacent to an activating group) is 1. The van der Waals surface area contributed by atoms with Crippen LogP contribution in [0.25, 0.3) is 0 Å². The van der Waals surface area contributed by atoms with Crippen molar-refractivity contribution in [2.45, 2.75) is 18.6 Å². The van der Waals surface area contributed by atoms with Gasteiger partial charge >= 0.3 is 12.3 Å². The molecule has 4 N–H and O–H groups in total. The normalized spacial score (nSPS) is 15.2. The van der Waals surface area contributed by atoms with Crippen molar-refractivity contribution < 1.29 is 23.1 Å². The average Bonchev–Trinajstić information content (AvgIpc) is 2.34. The van der Waals surface area contributed by atoms with E-state index in [2.05, 4.69) is 15.3 Å². The number of halogens is 3. The summed E-state index contributed by atoms with van der Waals surface area (Å²) in [5.41, 5.74) is 5.56. The predicted octanol–water partition coefficient (Wildman–Crippen LogP) is 1.22. The third-order valence-electron chi connectivity index (χ3n) is 3.48. The first kappa shape index (κ1) is 16.9. The van der Waals surface area contributed by atoms with Crippen molar-refractivity contribution in [1.82, 2.24) is 14.9 Å². The molecule has 0 bridgehead atoms. The number of anilines is 3. The lowest BCUT2D eigenvalue weighted by Crippen LogP contribution is -2.59. The first-order valence-corrected chi connectivity index (χ1v) is 6.81. The number of nitrogens with zero attached hydrogens (tertiary/aromatic N) is 4. The second-order valence-electron chi connectivity index (χ2n) is 5.21. The number of carboxylic acid groups (broad SMARTS) is 1. The number of nitrogens with one attached hydrogen (secondary N) is 1. The Labute approximate surface area is 130 Å². The molecule has 128 valence electrons. The molecule has 0 saturated carbocycles. The van der Waals surface area contributed by atoms with E-state index in [0.717, 1.165) is 0 Å². The van der Waals surface area contributed by atoms with Gasteiger partial charge in [-0.05, 0) is 0 Å². The van der Waals surface area contributed by atoms with E-state index < -0.39 is 18.7 Å². The van der Waals surface area contributed by atoms with E-state index in [-0.39, 0.29) is 24.4 Å². The lowest BCUT2D eigenvalue weighted by molar-refractivity contribution is -0.131. The molecule has 2 heterocycles. The van der Waals surface area contributed by atoms with Crippen LogP contribution >= 0.6 is 0 Å². The van der Waals surface area contributed by atoms with Crippen molar-refractivity contribution in [3.8, 4) is 0 Å². The Morgan fingerprint density at radius 2 is 2.17 bits per heavy atom. The highest BCUT2D eigenvalue weighted by Gasteiger charge is 2.33. The van der Waals surface area contributed by atoms with Gasteiger partial charge in [0.15, 0.2) is 0 Å². The zero-order valence-corrected chi connectivity index (χ0v) is 12.3. The van der Waals surface area contributed by atoms with Crippen molar-refractivity contribution in [3.63, 3.8) is 0 Å². The van der Waals surface area contributed by atoms with Gasteiger partial charge in [-0.3, -0.25) is 0 Å². The molecule has 2 rings (SSSR count). The Hall–Kier alpha value is -2.46. The standard InChI is InChI=1S/C12H17F3N6O2/c1-20(11(22)23)7-5-21(6-7)9-4-8(18-10(16)19-9)17-3-2-12(13,14)15/h4,7H,2-3,5-6H2,1H3,(H,22,23)(H3,16,17,18,19). The Balaban J connectivity index is 1.95. The molecule has 8 nitrogen and oxygen atoms in total. The second-order valence-corrected chi connectivity index (χ2v) is 5.21. The largest absolute Gasteiger partial charge is 0.465 e. The van der Waals surface area contributed by atoms with E-state index >= 15 is 0 Å². The van der Waals surface area contributed by atoms with E-state index in [1.807, 2.05) is 0 Å². The van der Waals surface area contributed by atoms with Crippen LogP contribution in [-0.4, -0.2) is 65.0 Å². The van der Waals surface area contributed by atoms with Gasteiger partial charge in [0.05, 0.1) is 12.5 Å². The molecule has 1 aliphatic heterocycles. The molecular formula is C12H17F3N6O2. The number of rotatable bonds is 5. The summed E-state index contributed by atoms with van der Waals surface area (Å²) in [6.45, 7) is 0.548. The number of hydrogen-bond donors (Lipinski definition) is 3. The van der Waals surface area contributed by atoms with Crippen LogP contribution in [0.1, 0.15) is 6.42 Å². The van der Waals surface area contributed by atoms with Crippen molar-refractivity contribution in [1.29, 1.82) is 0 Å². The van der Waals surface area contributed by atoms with Crippen molar-refractivity contribution >= 4 is 23.7 Å². The summed E-state index contributed by atoms with van der Waals surface area (Å²) in [5, 5.41) is 11.4.